The fourth-order valence-corrected chi connectivity index (χ4v) is 5.23. The second-order valence-electron chi connectivity index (χ2n) is 8.92. The van der Waals surface area contributed by atoms with E-state index in [1.54, 1.807) is 12.1 Å². The smallest absolute Gasteiger partial charge is 0.393 e. The summed E-state index contributed by atoms with van der Waals surface area (Å²) in [6.45, 7) is 0.664. The van der Waals surface area contributed by atoms with Crippen LogP contribution in [0, 0.1) is 17.7 Å². The van der Waals surface area contributed by atoms with Crippen molar-refractivity contribution in [2.24, 2.45) is 11.8 Å². The number of fused-ring (bicyclic) bond motifs is 1. The summed E-state index contributed by atoms with van der Waals surface area (Å²) in [6.07, 6.45) is -10.7. The number of ether oxygens (including phenoxy) is 1. The van der Waals surface area contributed by atoms with Gasteiger partial charge in [-0.25, -0.2) is 4.39 Å². The van der Waals surface area contributed by atoms with E-state index in [0.29, 0.717) is 31.0 Å². The number of alkyl halides is 6. The zero-order valence-electron chi connectivity index (χ0n) is 18.0. The first-order valence-corrected chi connectivity index (χ1v) is 11.0. The number of halogens is 7. The molecule has 1 saturated heterocycles. The van der Waals surface area contributed by atoms with E-state index in [2.05, 4.69) is 5.32 Å². The summed E-state index contributed by atoms with van der Waals surface area (Å²) < 4.78 is 99.5. The predicted octanol–water partition coefficient (Wildman–Crippen LogP) is 5.70. The van der Waals surface area contributed by atoms with Gasteiger partial charge in [0, 0.05) is 5.92 Å². The molecule has 1 heterocycles. The molecular formula is C24H24F7NO2. The molecule has 0 radical (unpaired) electrons. The van der Waals surface area contributed by atoms with Crippen molar-refractivity contribution in [2.45, 2.75) is 43.3 Å². The van der Waals surface area contributed by atoms with Gasteiger partial charge < -0.3 is 15.2 Å². The van der Waals surface area contributed by atoms with Gasteiger partial charge in [-0.2, -0.15) is 26.3 Å². The molecule has 0 amide bonds. The summed E-state index contributed by atoms with van der Waals surface area (Å²) in [5, 5.41) is 13.2. The summed E-state index contributed by atoms with van der Waals surface area (Å²) in [7, 11) is 0. The van der Waals surface area contributed by atoms with Crippen LogP contribution in [0.15, 0.2) is 42.5 Å². The fourth-order valence-electron chi connectivity index (χ4n) is 5.23. The van der Waals surface area contributed by atoms with E-state index in [9.17, 15) is 35.8 Å². The zero-order valence-corrected chi connectivity index (χ0v) is 18.0. The number of aliphatic hydroxyl groups excluding tert-OH is 1. The highest BCUT2D eigenvalue weighted by Crippen LogP contribution is 2.46. The predicted molar refractivity (Wildman–Crippen MR) is 109 cm³/mol. The molecule has 2 N–H and O–H groups in total. The molecule has 2 aromatic rings. The third kappa shape index (κ3) is 5.23. The highest BCUT2D eigenvalue weighted by atomic mass is 19.4. The van der Waals surface area contributed by atoms with Crippen molar-refractivity contribution in [3.8, 4) is 0 Å². The molecule has 2 aromatic carbocycles. The van der Waals surface area contributed by atoms with Crippen molar-refractivity contribution in [3.05, 3.63) is 70.5 Å². The van der Waals surface area contributed by atoms with Crippen LogP contribution in [0.5, 0.6) is 0 Å². The Morgan fingerprint density at radius 1 is 0.912 bits per heavy atom. The van der Waals surface area contributed by atoms with Gasteiger partial charge in [0.1, 0.15) is 11.9 Å². The number of rotatable bonds is 5. The third-order valence-electron chi connectivity index (χ3n) is 6.82. The average molecular weight is 491 g/mol. The first-order chi connectivity index (χ1) is 16.0. The second-order valence-corrected chi connectivity index (χ2v) is 8.92. The lowest BCUT2D eigenvalue weighted by Gasteiger charge is -2.41. The second kappa shape index (κ2) is 9.47. The molecule has 10 heteroatoms. The minimum absolute atomic E-state index is 0.0503. The Morgan fingerprint density at radius 2 is 1.53 bits per heavy atom. The maximum atomic E-state index is 13.5. The van der Waals surface area contributed by atoms with Crippen LogP contribution in [0.3, 0.4) is 0 Å². The van der Waals surface area contributed by atoms with Crippen LogP contribution in [0.4, 0.5) is 30.7 Å². The van der Waals surface area contributed by atoms with Gasteiger partial charge in [0.05, 0.1) is 23.8 Å². The molecule has 0 unspecified atom stereocenters. The maximum absolute atomic E-state index is 13.5. The molecule has 1 saturated carbocycles. The van der Waals surface area contributed by atoms with E-state index in [4.69, 9.17) is 4.74 Å². The molecule has 5 atom stereocenters. The van der Waals surface area contributed by atoms with Crippen LogP contribution in [-0.2, 0) is 17.1 Å². The summed E-state index contributed by atoms with van der Waals surface area (Å²) in [4.78, 5) is 0. The highest BCUT2D eigenvalue weighted by molar-refractivity contribution is 5.35. The molecule has 0 aromatic heterocycles. The van der Waals surface area contributed by atoms with Crippen molar-refractivity contribution in [2.75, 3.05) is 19.7 Å². The monoisotopic (exact) mass is 491 g/mol. The van der Waals surface area contributed by atoms with Crippen LogP contribution in [0.25, 0.3) is 0 Å². The molecular weight excluding hydrogens is 467 g/mol. The van der Waals surface area contributed by atoms with Crippen molar-refractivity contribution in [3.63, 3.8) is 0 Å². The van der Waals surface area contributed by atoms with Crippen molar-refractivity contribution in [1.29, 1.82) is 0 Å². The molecule has 3 nitrogen and oxygen atoms in total. The van der Waals surface area contributed by atoms with Gasteiger partial charge in [-0.1, -0.05) is 12.1 Å². The molecule has 0 spiro atoms. The van der Waals surface area contributed by atoms with Gasteiger partial charge in [0.15, 0.2) is 0 Å². The number of nitrogens with one attached hydrogen (secondary N) is 1. The van der Waals surface area contributed by atoms with Gasteiger partial charge in [0.2, 0.25) is 0 Å². The first-order valence-electron chi connectivity index (χ1n) is 11.0. The first kappa shape index (κ1) is 24.9. The number of benzene rings is 2. The number of hydrogen-bond acceptors (Lipinski definition) is 3. The molecule has 2 aliphatic rings. The number of aliphatic hydroxyl groups is 1. The van der Waals surface area contributed by atoms with Gasteiger partial charge in [0.25, 0.3) is 0 Å². The molecule has 2 fully saturated rings. The maximum Gasteiger partial charge on any atom is 0.416 e. The average Bonchev–Trinajstić information content (AvgIpc) is 3.25. The number of hydrogen-bond donors (Lipinski definition) is 2. The van der Waals surface area contributed by atoms with E-state index in [1.807, 2.05) is 0 Å². The quantitative estimate of drug-likeness (QED) is 0.528. The SMILES string of the molecule is OC[C@H](O[C@H]1CC[C@@H]2CNC[C@H]2[C@@H]1c1ccc(F)cc1)c1cc(C(F)(F)F)cc(C(F)(F)F)c1. The van der Waals surface area contributed by atoms with E-state index in [-0.39, 0.29) is 17.9 Å². The molecule has 4 rings (SSSR count). The van der Waals surface area contributed by atoms with Crippen LogP contribution >= 0.6 is 0 Å². The topological polar surface area (TPSA) is 41.5 Å². The molecule has 186 valence electrons. The summed E-state index contributed by atoms with van der Waals surface area (Å²) in [6, 6.07) is 7.09. The molecule has 0 bridgehead atoms. The van der Waals surface area contributed by atoms with Crippen LogP contribution < -0.4 is 5.32 Å². The van der Waals surface area contributed by atoms with E-state index >= 15 is 0 Å². The van der Waals surface area contributed by atoms with E-state index in [1.165, 1.54) is 12.1 Å². The normalized spacial score (nSPS) is 26.4. The largest absolute Gasteiger partial charge is 0.416 e. The van der Waals surface area contributed by atoms with E-state index < -0.39 is 53.7 Å². The fraction of sp³-hybridized carbons (Fsp3) is 0.500. The minimum atomic E-state index is -5.00. The minimum Gasteiger partial charge on any atom is -0.393 e. The highest BCUT2D eigenvalue weighted by Gasteiger charge is 2.44. The Labute approximate surface area is 191 Å². The van der Waals surface area contributed by atoms with Gasteiger partial charge in [-0.15, -0.1) is 0 Å². The van der Waals surface area contributed by atoms with E-state index in [0.717, 1.165) is 18.5 Å². The van der Waals surface area contributed by atoms with Crippen molar-refractivity contribution in [1.82, 2.24) is 5.32 Å². The van der Waals surface area contributed by atoms with Crippen molar-refractivity contribution >= 4 is 0 Å². The lowest BCUT2D eigenvalue weighted by molar-refractivity contribution is -0.143. The molecule has 34 heavy (non-hydrogen) atoms. The molecule has 1 aliphatic carbocycles. The Kier molecular flexibility index (Phi) is 6.94. The van der Waals surface area contributed by atoms with Gasteiger partial charge in [-0.05, 0) is 79.2 Å². The Bertz CT molecular complexity index is 958. The standard InChI is InChI=1S/C24H24F7NO2/c25-18-4-1-13(2-5-18)22-19-11-32-10-14(19)3-6-20(22)34-21(12-33)15-7-16(23(26,27)28)9-17(8-15)24(29,30)31/h1-2,4-5,7-9,14,19-22,32-33H,3,6,10-12H2/t14-,19-,20+,21+,22+/m1/s1. The zero-order chi connectivity index (χ0) is 24.7. The van der Waals surface area contributed by atoms with Gasteiger partial charge >= 0.3 is 12.4 Å². The summed E-state index contributed by atoms with van der Waals surface area (Å²) >= 11 is 0. The Balaban J connectivity index is 1.68. The Morgan fingerprint density at radius 3 is 2.09 bits per heavy atom. The van der Waals surface area contributed by atoms with Crippen LogP contribution in [0.2, 0.25) is 0 Å². The van der Waals surface area contributed by atoms with Crippen LogP contribution in [-0.4, -0.2) is 30.9 Å². The van der Waals surface area contributed by atoms with Crippen LogP contribution in [0.1, 0.15) is 47.1 Å². The lowest BCUT2D eigenvalue weighted by atomic mass is 9.69. The lowest BCUT2D eigenvalue weighted by Crippen LogP contribution is -2.38. The summed E-state index contributed by atoms with van der Waals surface area (Å²) in [5.41, 5.74) is -2.54. The Hall–Kier alpha value is -2.17. The molecule has 1 aliphatic heterocycles. The van der Waals surface area contributed by atoms with Crippen molar-refractivity contribution < 1.29 is 40.6 Å². The van der Waals surface area contributed by atoms with Gasteiger partial charge in [-0.3, -0.25) is 0 Å². The summed E-state index contributed by atoms with van der Waals surface area (Å²) in [5.74, 6) is -0.241. The third-order valence-corrected chi connectivity index (χ3v) is 6.82.